The van der Waals surface area contributed by atoms with Crippen molar-refractivity contribution in [2.45, 2.75) is 45.6 Å². The van der Waals surface area contributed by atoms with Gasteiger partial charge >= 0.3 is 5.97 Å². The Morgan fingerprint density at radius 1 is 0.943 bits per heavy atom. The molecule has 0 bridgehead atoms. The van der Waals surface area contributed by atoms with Gasteiger partial charge in [-0.15, -0.1) is 0 Å². The van der Waals surface area contributed by atoms with E-state index in [9.17, 15) is 9.18 Å². The third kappa shape index (κ3) is 7.22. The average Bonchev–Trinajstić information content (AvgIpc) is 2.88. The van der Waals surface area contributed by atoms with Gasteiger partial charge in [-0.05, 0) is 59.9 Å². The van der Waals surface area contributed by atoms with Crippen molar-refractivity contribution < 1.29 is 28.1 Å². The summed E-state index contributed by atoms with van der Waals surface area (Å²) in [6.07, 6.45) is 2.20. The summed E-state index contributed by atoms with van der Waals surface area (Å²) in [5.41, 5.74) is 2.99. The van der Waals surface area contributed by atoms with Crippen molar-refractivity contribution in [1.29, 1.82) is 0 Å². The summed E-state index contributed by atoms with van der Waals surface area (Å²) in [7, 11) is 2.95. The Labute approximate surface area is 206 Å². The topological polar surface area (TPSA) is 54.0 Å². The van der Waals surface area contributed by atoms with Gasteiger partial charge in [0.15, 0.2) is 0 Å². The Kier molecular flexibility index (Phi) is 9.53. The normalized spacial score (nSPS) is 11.6. The van der Waals surface area contributed by atoms with Crippen molar-refractivity contribution >= 4 is 5.97 Å². The summed E-state index contributed by atoms with van der Waals surface area (Å²) in [6, 6.07) is 18.0. The Balaban J connectivity index is 1.80. The maximum Gasteiger partial charge on any atom is 0.306 e. The Morgan fingerprint density at radius 3 is 2.51 bits per heavy atom. The van der Waals surface area contributed by atoms with E-state index >= 15 is 0 Å². The molecule has 186 valence electrons. The second-order valence-electron chi connectivity index (χ2n) is 8.42. The number of unbranched alkanes of at least 4 members (excludes halogenated alkanes) is 1. The lowest BCUT2D eigenvalue weighted by atomic mass is 9.98. The van der Waals surface area contributed by atoms with E-state index in [1.165, 1.54) is 13.2 Å². The van der Waals surface area contributed by atoms with E-state index in [0.29, 0.717) is 48.0 Å². The molecule has 6 heteroatoms. The van der Waals surface area contributed by atoms with Crippen molar-refractivity contribution in [3.05, 3.63) is 77.6 Å². The zero-order valence-corrected chi connectivity index (χ0v) is 20.8. The fourth-order valence-electron chi connectivity index (χ4n) is 3.69. The number of halogens is 1. The van der Waals surface area contributed by atoms with E-state index in [1.54, 1.807) is 19.2 Å². The monoisotopic (exact) mass is 480 g/mol. The van der Waals surface area contributed by atoms with Crippen LogP contribution in [0.2, 0.25) is 0 Å². The van der Waals surface area contributed by atoms with E-state index < -0.39 is 0 Å². The van der Waals surface area contributed by atoms with Gasteiger partial charge in [-0.3, -0.25) is 4.79 Å². The minimum Gasteiger partial charge on any atom is -0.497 e. The predicted molar refractivity (Wildman–Crippen MR) is 135 cm³/mol. The van der Waals surface area contributed by atoms with Crippen LogP contribution in [0.3, 0.4) is 0 Å². The number of rotatable bonds is 12. The van der Waals surface area contributed by atoms with Crippen molar-refractivity contribution in [3.8, 4) is 28.4 Å². The van der Waals surface area contributed by atoms with E-state index in [4.69, 9.17) is 18.9 Å². The molecule has 0 saturated heterocycles. The smallest absolute Gasteiger partial charge is 0.306 e. The van der Waals surface area contributed by atoms with Crippen molar-refractivity contribution in [2.75, 3.05) is 20.8 Å². The highest BCUT2D eigenvalue weighted by Gasteiger charge is 2.15. The molecule has 0 heterocycles. The van der Waals surface area contributed by atoms with Crippen LogP contribution in [-0.2, 0) is 16.1 Å². The van der Waals surface area contributed by atoms with Crippen LogP contribution in [0.5, 0.6) is 17.2 Å². The van der Waals surface area contributed by atoms with Crippen LogP contribution >= 0.6 is 0 Å². The molecule has 1 atom stereocenters. The number of hydrogen-bond donors (Lipinski definition) is 0. The summed E-state index contributed by atoms with van der Waals surface area (Å²) >= 11 is 0. The third-order valence-corrected chi connectivity index (χ3v) is 5.80. The molecule has 35 heavy (non-hydrogen) atoms. The maximum absolute atomic E-state index is 14.7. The molecule has 0 aliphatic carbocycles. The first-order valence-corrected chi connectivity index (χ1v) is 11.8. The number of carbonyl (C=O) groups excluding carboxylic acids is 1. The number of ether oxygens (including phenoxy) is 4. The molecule has 0 spiro atoms. The van der Waals surface area contributed by atoms with Crippen molar-refractivity contribution in [2.24, 2.45) is 0 Å². The molecule has 0 unspecified atom stereocenters. The zero-order valence-electron chi connectivity index (χ0n) is 20.8. The van der Waals surface area contributed by atoms with Crippen molar-refractivity contribution in [3.63, 3.8) is 0 Å². The Hall–Kier alpha value is -3.54. The quantitative estimate of drug-likeness (QED) is 0.208. The molecule has 0 saturated carbocycles. The number of hydrogen-bond acceptors (Lipinski definition) is 5. The molecule has 0 aliphatic rings. The molecule has 0 aliphatic heterocycles. The maximum atomic E-state index is 14.7. The summed E-state index contributed by atoms with van der Waals surface area (Å²) in [4.78, 5) is 11.6. The van der Waals surface area contributed by atoms with Gasteiger partial charge in [-0.2, -0.15) is 0 Å². The standard InChI is InChI=1S/C29H33FO5/c1-5-6-14-34-28-16-21(10-12-25(28)26-18-23(32-3)11-13-27(26)30)19-35-24-9-7-8-22(17-24)20(2)15-29(31)33-4/h7-13,16-18,20H,5-6,14-15,19H2,1-4H3/t20-/m0/s1. The first kappa shape index (κ1) is 26.1. The van der Waals surface area contributed by atoms with Gasteiger partial charge < -0.3 is 18.9 Å². The summed E-state index contributed by atoms with van der Waals surface area (Å²) in [6.45, 7) is 4.93. The molecule has 3 aromatic carbocycles. The molecule has 0 radical (unpaired) electrons. The molecule has 0 aromatic heterocycles. The first-order valence-electron chi connectivity index (χ1n) is 11.8. The van der Waals surface area contributed by atoms with Crippen LogP contribution in [0.15, 0.2) is 60.7 Å². The van der Waals surface area contributed by atoms with Crippen LogP contribution < -0.4 is 14.2 Å². The Morgan fingerprint density at radius 2 is 1.77 bits per heavy atom. The van der Waals surface area contributed by atoms with Gasteiger partial charge in [0.05, 0.1) is 27.2 Å². The van der Waals surface area contributed by atoms with Gasteiger partial charge in [0.25, 0.3) is 0 Å². The molecule has 0 N–H and O–H groups in total. The fraction of sp³-hybridized carbons (Fsp3) is 0.345. The summed E-state index contributed by atoms with van der Waals surface area (Å²) in [5, 5.41) is 0. The highest BCUT2D eigenvalue weighted by molar-refractivity contribution is 5.73. The third-order valence-electron chi connectivity index (χ3n) is 5.80. The van der Waals surface area contributed by atoms with E-state index in [2.05, 4.69) is 6.92 Å². The first-order chi connectivity index (χ1) is 16.9. The minimum absolute atomic E-state index is 0.0154. The SMILES string of the molecule is CCCCOc1cc(COc2cccc([C@@H](C)CC(=O)OC)c2)ccc1-c1cc(OC)ccc1F. The van der Waals surface area contributed by atoms with Gasteiger partial charge in [0.1, 0.15) is 29.7 Å². The largest absolute Gasteiger partial charge is 0.497 e. The van der Waals surface area contributed by atoms with Gasteiger partial charge in [0, 0.05) is 11.1 Å². The molecular formula is C29H33FO5. The van der Waals surface area contributed by atoms with E-state index in [0.717, 1.165) is 24.0 Å². The van der Waals surface area contributed by atoms with Gasteiger partial charge in [-0.25, -0.2) is 4.39 Å². The van der Waals surface area contributed by atoms with Gasteiger partial charge in [0.2, 0.25) is 0 Å². The molecule has 0 fully saturated rings. The average molecular weight is 481 g/mol. The predicted octanol–water partition coefficient (Wildman–Crippen LogP) is 6.93. The minimum atomic E-state index is -0.340. The lowest BCUT2D eigenvalue weighted by Crippen LogP contribution is -2.06. The zero-order chi connectivity index (χ0) is 25.2. The second-order valence-corrected chi connectivity index (χ2v) is 8.42. The molecule has 5 nitrogen and oxygen atoms in total. The van der Waals surface area contributed by atoms with Crippen LogP contribution in [0.4, 0.5) is 4.39 Å². The molecule has 3 rings (SSSR count). The number of methoxy groups -OCH3 is 2. The summed E-state index contributed by atoms with van der Waals surface area (Å²) in [5.74, 6) is 1.32. The number of esters is 1. The van der Waals surface area contributed by atoms with Gasteiger partial charge in [-0.1, -0.05) is 44.5 Å². The van der Waals surface area contributed by atoms with E-state index in [1.807, 2.05) is 49.4 Å². The van der Waals surface area contributed by atoms with Crippen LogP contribution in [0.25, 0.3) is 11.1 Å². The number of carbonyl (C=O) groups is 1. The fourth-order valence-corrected chi connectivity index (χ4v) is 3.69. The van der Waals surface area contributed by atoms with Crippen LogP contribution in [0.1, 0.15) is 50.2 Å². The summed E-state index contributed by atoms with van der Waals surface area (Å²) < 4.78 is 36.8. The lowest BCUT2D eigenvalue weighted by Gasteiger charge is -2.16. The number of benzene rings is 3. The van der Waals surface area contributed by atoms with Crippen molar-refractivity contribution in [1.82, 2.24) is 0 Å². The van der Waals surface area contributed by atoms with Crippen LogP contribution in [-0.4, -0.2) is 26.8 Å². The second kappa shape index (κ2) is 12.8. The molecule has 3 aromatic rings. The lowest BCUT2D eigenvalue weighted by molar-refractivity contribution is -0.140. The van der Waals surface area contributed by atoms with E-state index in [-0.39, 0.29) is 17.7 Å². The molecule has 0 amide bonds. The molecular weight excluding hydrogens is 447 g/mol. The van der Waals surface area contributed by atoms with Crippen LogP contribution in [0, 0.1) is 5.82 Å². The highest BCUT2D eigenvalue weighted by atomic mass is 19.1. The highest BCUT2D eigenvalue weighted by Crippen LogP contribution is 2.35. The Bertz CT molecular complexity index is 1130.